The Balaban J connectivity index is 1.69. The predicted molar refractivity (Wildman–Crippen MR) is 135 cm³/mol. The molecule has 0 saturated carbocycles. The molecule has 0 atom stereocenters. The molecule has 2 aromatic heterocycles. The lowest BCUT2D eigenvalue weighted by molar-refractivity contribution is 0.581. The molecule has 0 unspecified atom stereocenters. The van der Waals surface area contributed by atoms with Gasteiger partial charge in [0.15, 0.2) is 9.84 Å². The summed E-state index contributed by atoms with van der Waals surface area (Å²) in [5, 5.41) is 11.0. The predicted octanol–water partition coefficient (Wildman–Crippen LogP) is 4.63. The first-order valence-corrected chi connectivity index (χ1v) is 13.1. The average Bonchev–Trinajstić information content (AvgIpc) is 3.34. The van der Waals surface area contributed by atoms with Crippen molar-refractivity contribution in [2.45, 2.75) is 50.8 Å². The molecule has 9 heteroatoms. The number of nitrogens with zero attached hydrogens (tertiary/aromatic N) is 4. The summed E-state index contributed by atoms with van der Waals surface area (Å²) in [7, 11) is -1.48. The van der Waals surface area contributed by atoms with Crippen molar-refractivity contribution in [2.24, 2.45) is 0 Å². The quantitative estimate of drug-likeness (QED) is 0.380. The van der Waals surface area contributed by atoms with E-state index in [1.165, 1.54) is 0 Å². The molecule has 0 aliphatic carbocycles. The first kappa shape index (κ1) is 24.7. The summed E-state index contributed by atoms with van der Waals surface area (Å²) in [6.45, 7) is 7.93. The molecule has 0 aliphatic rings. The third-order valence-corrected chi connectivity index (χ3v) is 8.08. The van der Waals surface area contributed by atoms with Gasteiger partial charge in [-0.2, -0.15) is 0 Å². The van der Waals surface area contributed by atoms with Crippen LogP contribution in [-0.2, 0) is 22.8 Å². The van der Waals surface area contributed by atoms with Gasteiger partial charge in [-0.15, -0.1) is 10.2 Å². The van der Waals surface area contributed by atoms with Crippen LogP contribution in [0.4, 0.5) is 0 Å². The number of aryl methyl sites for hydroxylation is 2. The molecular weight excluding hydrogens is 462 g/mol. The third kappa shape index (κ3) is 5.01. The topological polar surface area (TPSA) is 111 Å². The number of aromatic nitrogens is 4. The summed E-state index contributed by atoms with van der Waals surface area (Å²) in [5.41, 5.74) is 5.25. The first-order chi connectivity index (χ1) is 16.7. The fourth-order valence-electron chi connectivity index (χ4n) is 3.74. The zero-order chi connectivity index (χ0) is 25.2. The number of hydrogen-bond acceptors (Lipinski definition) is 8. The number of sulfone groups is 1. The Labute approximate surface area is 205 Å². The van der Waals surface area contributed by atoms with E-state index in [9.17, 15) is 8.42 Å². The van der Waals surface area contributed by atoms with E-state index >= 15 is 0 Å². The lowest BCUT2D eigenvalue weighted by atomic mass is 10.1. The van der Waals surface area contributed by atoms with E-state index in [4.69, 9.17) is 9.40 Å². The van der Waals surface area contributed by atoms with Gasteiger partial charge in [0, 0.05) is 17.7 Å². The van der Waals surface area contributed by atoms with Crippen molar-refractivity contribution in [3.8, 4) is 34.3 Å². The summed E-state index contributed by atoms with van der Waals surface area (Å²) in [6, 6.07) is 13.2. The van der Waals surface area contributed by atoms with Gasteiger partial charge in [-0.1, -0.05) is 25.1 Å². The zero-order valence-electron chi connectivity index (χ0n) is 20.5. The normalized spacial score (nSPS) is 11.8. The minimum absolute atomic E-state index is 0.279. The highest BCUT2D eigenvalue weighted by molar-refractivity contribution is 7.92. The van der Waals surface area contributed by atoms with E-state index in [0.29, 0.717) is 34.3 Å². The van der Waals surface area contributed by atoms with E-state index in [0.717, 1.165) is 28.8 Å². The fraction of sp³-hybridized carbons (Fsp3) is 0.308. The molecule has 1 N–H and O–H groups in total. The van der Waals surface area contributed by atoms with E-state index in [-0.39, 0.29) is 5.89 Å². The highest BCUT2D eigenvalue weighted by Crippen LogP contribution is 2.29. The summed E-state index contributed by atoms with van der Waals surface area (Å²) >= 11 is 0. The van der Waals surface area contributed by atoms with Crippen LogP contribution in [0.2, 0.25) is 0 Å². The average molecular weight is 492 g/mol. The molecule has 0 bridgehead atoms. The molecule has 0 saturated heterocycles. The van der Waals surface area contributed by atoms with Crippen LogP contribution in [0.15, 0.2) is 58.0 Å². The van der Waals surface area contributed by atoms with Crippen LogP contribution in [0.5, 0.6) is 0 Å². The molecule has 0 aliphatic heterocycles. The van der Waals surface area contributed by atoms with Crippen molar-refractivity contribution in [3.05, 3.63) is 65.5 Å². The maximum Gasteiger partial charge on any atom is 0.268 e. The number of nitrogens with one attached hydrogen (secondary N) is 1. The lowest BCUT2D eigenvalue weighted by Crippen LogP contribution is -2.16. The smallest absolute Gasteiger partial charge is 0.268 e. The SMILES string of the molecule is CCc1cc(-c2cnc(C)c(-c3nnc(-c4ccc(CNC)cc4)o3)n2)ccc1S(=O)(=O)C(C)C. The van der Waals surface area contributed by atoms with Crippen LogP contribution in [0.25, 0.3) is 34.3 Å². The highest BCUT2D eigenvalue weighted by atomic mass is 32.2. The van der Waals surface area contributed by atoms with Gasteiger partial charge < -0.3 is 9.73 Å². The molecular formula is C26H29N5O3S. The minimum atomic E-state index is -3.38. The van der Waals surface area contributed by atoms with Gasteiger partial charge in [0.1, 0.15) is 5.69 Å². The second-order valence-electron chi connectivity index (χ2n) is 8.60. The van der Waals surface area contributed by atoms with Gasteiger partial charge in [-0.05, 0) is 69.6 Å². The van der Waals surface area contributed by atoms with Gasteiger partial charge in [0.2, 0.25) is 5.89 Å². The van der Waals surface area contributed by atoms with Crippen molar-refractivity contribution in [3.63, 3.8) is 0 Å². The molecule has 35 heavy (non-hydrogen) atoms. The summed E-state index contributed by atoms with van der Waals surface area (Å²) < 4.78 is 31.5. The van der Waals surface area contributed by atoms with Gasteiger partial charge in [-0.25, -0.2) is 13.4 Å². The van der Waals surface area contributed by atoms with Crippen LogP contribution in [0.1, 0.15) is 37.6 Å². The Kier molecular flexibility index (Phi) is 7.09. The number of hydrogen-bond donors (Lipinski definition) is 1. The molecule has 0 fully saturated rings. The molecule has 8 nitrogen and oxygen atoms in total. The van der Waals surface area contributed by atoms with Crippen LogP contribution >= 0.6 is 0 Å². The van der Waals surface area contributed by atoms with Crippen LogP contribution < -0.4 is 5.32 Å². The summed E-state index contributed by atoms with van der Waals surface area (Å²) in [6.07, 6.45) is 2.25. The van der Waals surface area contributed by atoms with Crippen molar-refractivity contribution < 1.29 is 12.8 Å². The second-order valence-corrected chi connectivity index (χ2v) is 11.1. The Morgan fingerprint density at radius 3 is 2.34 bits per heavy atom. The molecule has 0 radical (unpaired) electrons. The molecule has 4 rings (SSSR count). The maximum absolute atomic E-state index is 12.8. The van der Waals surface area contributed by atoms with Crippen molar-refractivity contribution in [1.29, 1.82) is 0 Å². The molecule has 2 heterocycles. The number of rotatable bonds is 8. The Hall–Kier alpha value is -3.43. The lowest BCUT2D eigenvalue weighted by Gasteiger charge is -2.14. The van der Waals surface area contributed by atoms with Gasteiger partial charge in [-0.3, -0.25) is 4.98 Å². The van der Waals surface area contributed by atoms with E-state index in [2.05, 4.69) is 20.5 Å². The van der Waals surface area contributed by atoms with E-state index in [1.54, 1.807) is 32.2 Å². The fourth-order valence-corrected chi connectivity index (χ4v) is 5.08. The highest BCUT2D eigenvalue weighted by Gasteiger charge is 2.23. The van der Waals surface area contributed by atoms with Crippen molar-refractivity contribution in [1.82, 2.24) is 25.5 Å². The molecule has 182 valence electrons. The minimum Gasteiger partial charge on any atom is -0.415 e. The summed E-state index contributed by atoms with van der Waals surface area (Å²) in [4.78, 5) is 9.59. The zero-order valence-corrected chi connectivity index (χ0v) is 21.3. The Morgan fingerprint density at radius 2 is 1.69 bits per heavy atom. The van der Waals surface area contributed by atoms with Gasteiger partial charge in [0.25, 0.3) is 5.89 Å². The number of benzene rings is 2. The maximum atomic E-state index is 12.8. The first-order valence-electron chi connectivity index (χ1n) is 11.5. The van der Waals surface area contributed by atoms with Gasteiger partial charge in [0.05, 0.1) is 27.7 Å². The molecule has 0 amide bonds. The van der Waals surface area contributed by atoms with Crippen LogP contribution in [-0.4, -0.2) is 40.9 Å². The van der Waals surface area contributed by atoms with Gasteiger partial charge >= 0.3 is 0 Å². The summed E-state index contributed by atoms with van der Waals surface area (Å²) in [5.74, 6) is 0.681. The second kappa shape index (κ2) is 10.1. The molecule has 0 spiro atoms. The van der Waals surface area contributed by atoms with Crippen molar-refractivity contribution in [2.75, 3.05) is 7.05 Å². The third-order valence-electron chi connectivity index (χ3n) is 5.83. The van der Waals surface area contributed by atoms with Crippen LogP contribution in [0.3, 0.4) is 0 Å². The molecule has 2 aromatic carbocycles. The monoisotopic (exact) mass is 491 g/mol. The van der Waals surface area contributed by atoms with E-state index in [1.807, 2.05) is 51.2 Å². The standard InChI is InChI=1S/C26H29N5O3S/c1-6-19-13-21(11-12-23(19)35(32,33)16(2)3)22-15-28-17(4)24(29-22)26-31-30-25(34-26)20-9-7-18(8-10-20)14-27-5/h7-13,15-16,27H,6,14H2,1-5H3. The largest absolute Gasteiger partial charge is 0.415 e. The Morgan fingerprint density at radius 1 is 1.00 bits per heavy atom. The van der Waals surface area contributed by atoms with E-state index < -0.39 is 15.1 Å². The Bertz CT molecular complexity index is 1440. The van der Waals surface area contributed by atoms with Crippen molar-refractivity contribution >= 4 is 9.84 Å². The molecule has 4 aromatic rings. The van der Waals surface area contributed by atoms with Crippen LogP contribution in [0, 0.1) is 6.92 Å².